The Bertz CT molecular complexity index is 807. The topological polar surface area (TPSA) is 85.3 Å². The predicted molar refractivity (Wildman–Crippen MR) is 72.0 cm³/mol. The number of carboxylic acid groups (broad SMARTS) is 1. The van der Waals surface area contributed by atoms with Crippen LogP contribution in [-0.2, 0) is 7.05 Å². The molecule has 3 aromatic heterocycles. The van der Waals surface area contributed by atoms with Crippen LogP contribution in [0.25, 0.3) is 5.65 Å². The molecule has 1 N–H and O–H groups in total. The van der Waals surface area contributed by atoms with Gasteiger partial charge in [-0.05, 0) is 30.8 Å². The summed E-state index contributed by atoms with van der Waals surface area (Å²) in [7, 11) is 1.83. The van der Waals surface area contributed by atoms with Gasteiger partial charge in [-0.15, -0.1) is 10.2 Å². The highest BCUT2D eigenvalue weighted by Crippen LogP contribution is 2.29. The Kier molecular flexibility index (Phi) is 2.94. The maximum absolute atomic E-state index is 11.5. The summed E-state index contributed by atoms with van der Waals surface area (Å²) in [6, 6.07) is 5.34. The lowest BCUT2D eigenvalue weighted by atomic mass is 10.4. The smallest absolute Gasteiger partial charge is 0.355 e. The third-order valence-corrected chi connectivity index (χ3v) is 3.96. The largest absolute Gasteiger partial charge is 0.476 e. The Balaban J connectivity index is 2.13. The van der Waals surface area contributed by atoms with E-state index in [-0.39, 0.29) is 5.69 Å². The molecule has 0 amide bonds. The second-order valence-corrected chi connectivity index (χ2v) is 5.15. The minimum absolute atomic E-state index is 0.131. The molecular formula is C12H11N5O2S. The molecule has 0 saturated carbocycles. The summed E-state index contributed by atoms with van der Waals surface area (Å²) < 4.78 is 3.34. The van der Waals surface area contributed by atoms with E-state index in [1.165, 1.54) is 11.8 Å². The van der Waals surface area contributed by atoms with Crippen LogP contribution >= 0.6 is 11.8 Å². The summed E-state index contributed by atoms with van der Waals surface area (Å²) in [4.78, 5) is 15.8. The van der Waals surface area contributed by atoms with Crippen LogP contribution < -0.4 is 0 Å². The minimum Gasteiger partial charge on any atom is -0.476 e. The van der Waals surface area contributed by atoms with Gasteiger partial charge in [-0.3, -0.25) is 4.40 Å². The summed E-state index contributed by atoms with van der Waals surface area (Å²) in [6.07, 6.45) is 1.68. The Hall–Kier alpha value is -2.35. The van der Waals surface area contributed by atoms with E-state index in [1.807, 2.05) is 20.0 Å². The SMILES string of the molecule is Cc1nnc(Sc2nc3ccccn3c2C(=O)O)n1C. The maximum Gasteiger partial charge on any atom is 0.355 e. The second kappa shape index (κ2) is 4.64. The molecule has 0 spiro atoms. The average molecular weight is 289 g/mol. The minimum atomic E-state index is -1.02. The van der Waals surface area contributed by atoms with Crippen molar-refractivity contribution in [2.24, 2.45) is 7.05 Å². The van der Waals surface area contributed by atoms with Crippen molar-refractivity contribution in [3.8, 4) is 0 Å². The van der Waals surface area contributed by atoms with Gasteiger partial charge in [-0.2, -0.15) is 0 Å². The quantitative estimate of drug-likeness (QED) is 0.788. The molecule has 0 radical (unpaired) electrons. The fraction of sp³-hybridized carbons (Fsp3) is 0.167. The first-order valence-corrected chi connectivity index (χ1v) is 6.64. The molecule has 20 heavy (non-hydrogen) atoms. The fourth-order valence-electron chi connectivity index (χ4n) is 1.80. The highest BCUT2D eigenvalue weighted by Gasteiger charge is 2.21. The summed E-state index contributed by atoms with van der Waals surface area (Å²) >= 11 is 1.19. The first kappa shape index (κ1) is 12.7. The zero-order valence-electron chi connectivity index (χ0n) is 10.8. The first-order valence-electron chi connectivity index (χ1n) is 5.82. The third kappa shape index (κ3) is 1.94. The number of aromatic nitrogens is 5. The maximum atomic E-state index is 11.5. The molecule has 0 aromatic carbocycles. The number of rotatable bonds is 3. The van der Waals surface area contributed by atoms with Crippen LogP contribution in [0.3, 0.4) is 0 Å². The summed E-state index contributed by atoms with van der Waals surface area (Å²) in [6.45, 7) is 1.83. The van der Waals surface area contributed by atoms with Crippen LogP contribution in [0.4, 0.5) is 0 Å². The molecule has 0 saturated heterocycles. The molecule has 7 nitrogen and oxygen atoms in total. The number of imidazole rings is 1. The number of carbonyl (C=O) groups is 1. The van der Waals surface area contributed by atoms with E-state index in [0.717, 1.165) is 5.82 Å². The van der Waals surface area contributed by atoms with Crippen LogP contribution in [0, 0.1) is 6.92 Å². The molecule has 8 heteroatoms. The lowest BCUT2D eigenvalue weighted by Gasteiger charge is -2.00. The van der Waals surface area contributed by atoms with Gasteiger partial charge in [0.1, 0.15) is 16.5 Å². The molecule has 0 unspecified atom stereocenters. The van der Waals surface area contributed by atoms with Gasteiger partial charge >= 0.3 is 5.97 Å². The predicted octanol–water partition coefficient (Wildman–Crippen LogP) is 1.62. The van der Waals surface area contributed by atoms with Gasteiger partial charge in [-0.1, -0.05) is 6.07 Å². The molecular weight excluding hydrogens is 278 g/mol. The molecule has 0 atom stereocenters. The van der Waals surface area contributed by atoms with Gasteiger partial charge in [0.25, 0.3) is 0 Å². The van der Waals surface area contributed by atoms with Crippen molar-refractivity contribution in [1.82, 2.24) is 24.1 Å². The zero-order chi connectivity index (χ0) is 14.3. The van der Waals surface area contributed by atoms with Gasteiger partial charge in [0.05, 0.1) is 0 Å². The number of aryl methyl sites for hydroxylation is 1. The Labute approximate surface area is 118 Å². The molecule has 3 aromatic rings. The van der Waals surface area contributed by atoms with Crippen molar-refractivity contribution < 1.29 is 9.90 Å². The number of hydrogen-bond acceptors (Lipinski definition) is 5. The number of carboxylic acids is 1. The average Bonchev–Trinajstić information content (AvgIpc) is 2.93. The summed E-state index contributed by atoms with van der Waals surface area (Å²) in [5.74, 6) is -0.266. The third-order valence-electron chi connectivity index (χ3n) is 2.94. The number of nitrogens with zero attached hydrogens (tertiary/aromatic N) is 5. The lowest BCUT2D eigenvalue weighted by molar-refractivity contribution is 0.0685. The Morgan fingerprint density at radius 2 is 2.15 bits per heavy atom. The highest BCUT2D eigenvalue weighted by atomic mass is 32.2. The molecule has 0 aliphatic rings. The lowest BCUT2D eigenvalue weighted by Crippen LogP contribution is -2.03. The standard InChI is InChI=1S/C12H11N5O2S/c1-7-14-15-12(16(7)2)20-10-9(11(18)19)17-6-4-3-5-8(17)13-10/h3-6H,1-2H3,(H,18,19). The summed E-state index contributed by atoms with van der Waals surface area (Å²) in [5.41, 5.74) is 0.720. The van der Waals surface area contributed by atoms with Gasteiger partial charge in [0.2, 0.25) is 0 Å². The number of aromatic carboxylic acids is 1. The molecule has 0 bridgehead atoms. The first-order chi connectivity index (χ1) is 9.58. The van der Waals surface area contributed by atoms with E-state index in [9.17, 15) is 9.90 Å². The Morgan fingerprint density at radius 3 is 2.80 bits per heavy atom. The van der Waals surface area contributed by atoms with Crippen molar-refractivity contribution in [2.75, 3.05) is 0 Å². The number of pyridine rings is 1. The van der Waals surface area contributed by atoms with E-state index in [2.05, 4.69) is 15.2 Å². The van der Waals surface area contributed by atoms with Crippen molar-refractivity contribution in [3.63, 3.8) is 0 Å². The van der Waals surface area contributed by atoms with Crippen LogP contribution in [-0.4, -0.2) is 35.2 Å². The highest BCUT2D eigenvalue weighted by molar-refractivity contribution is 7.99. The van der Waals surface area contributed by atoms with Crippen molar-refractivity contribution in [1.29, 1.82) is 0 Å². The van der Waals surface area contributed by atoms with E-state index < -0.39 is 5.97 Å². The zero-order valence-corrected chi connectivity index (χ0v) is 11.6. The van der Waals surface area contributed by atoms with Crippen molar-refractivity contribution >= 4 is 23.4 Å². The monoisotopic (exact) mass is 289 g/mol. The summed E-state index contributed by atoms with van der Waals surface area (Å²) in [5, 5.41) is 18.4. The van der Waals surface area contributed by atoms with Gasteiger partial charge in [0, 0.05) is 13.2 Å². The Morgan fingerprint density at radius 1 is 1.35 bits per heavy atom. The van der Waals surface area contributed by atoms with Gasteiger partial charge in [-0.25, -0.2) is 9.78 Å². The molecule has 3 rings (SSSR count). The van der Waals surface area contributed by atoms with Crippen molar-refractivity contribution in [2.45, 2.75) is 17.1 Å². The van der Waals surface area contributed by atoms with E-state index in [4.69, 9.17) is 0 Å². The van der Waals surface area contributed by atoms with Crippen molar-refractivity contribution in [3.05, 3.63) is 35.9 Å². The van der Waals surface area contributed by atoms with Crippen LogP contribution in [0.2, 0.25) is 0 Å². The molecule has 102 valence electrons. The molecule has 0 aliphatic carbocycles. The van der Waals surface area contributed by atoms with E-state index in [0.29, 0.717) is 15.8 Å². The molecule has 0 fully saturated rings. The molecule has 0 aliphatic heterocycles. The normalized spacial score (nSPS) is 11.1. The van der Waals surface area contributed by atoms with Gasteiger partial charge < -0.3 is 9.67 Å². The molecule has 3 heterocycles. The second-order valence-electron chi connectivity index (χ2n) is 4.19. The van der Waals surface area contributed by atoms with Crippen LogP contribution in [0.1, 0.15) is 16.3 Å². The fourth-order valence-corrected chi connectivity index (χ4v) is 2.75. The van der Waals surface area contributed by atoms with Crippen LogP contribution in [0.15, 0.2) is 34.6 Å². The number of hydrogen-bond donors (Lipinski definition) is 1. The number of fused-ring (bicyclic) bond motifs is 1. The van der Waals surface area contributed by atoms with Crippen LogP contribution in [0.5, 0.6) is 0 Å². The van der Waals surface area contributed by atoms with E-state index >= 15 is 0 Å². The van der Waals surface area contributed by atoms with E-state index in [1.54, 1.807) is 27.3 Å². The van der Waals surface area contributed by atoms with Gasteiger partial charge in [0.15, 0.2) is 10.9 Å².